The van der Waals surface area contributed by atoms with Gasteiger partial charge in [-0.3, -0.25) is 14.5 Å². The smallest absolute Gasteiger partial charge is 0.407 e. The van der Waals surface area contributed by atoms with Gasteiger partial charge in [0.25, 0.3) is 0 Å². The summed E-state index contributed by atoms with van der Waals surface area (Å²) in [5.74, 6) is -1.12. The summed E-state index contributed by atoms with van der Waals surface area (Å²) in [5.41, 5.74) is 4.82. The number of carbonyl (C=O) groups is 3. The molecular formula is C34H39N3O5. The standard InChI is InChI=1S/C34H39N3O5/c1-3-34(32(39)40)17-19-37(20-18-34)31(38)30(22-36(2)21-24-11-5-4-6-12-24)35-33(41)42-23-29-27-15-9-7-13-25(27)26-14-8-10-16-28(26)29/h4-16,29-30H,3,17-23H2,1-2H3,(H,35,41)(H,39,40). The molecule has 0 spiro atoms. The summed E-state index contributed by atoms with van der Waals surface area (Å²) in [5, 5.41) is 12.6. The molecule has 3 aromatic rings. The van der Waals surface area contributed by atoms with Gasteiger partial charge in [0.1, 0.15) is 12.6 Å². The lowest BCUT2D eigenvalue weighted by Gasteiger charge is -2.39. The van der Waals surface area contributed by atoms with Gasteiger partial charge in [0.2, 0.25) is 5.91 Å². The van der Waals surface area contributed by atoms with E-state index in [9.17, 15) is 19.5 Å². The molecule has 1 unspecified atom stereocenters. The minimum atomic E-state index is -0.840. The summed E-state index contributed by atoms with van der Waals surface area (Å²) in [6.07, 6.45) is 0.657. The lowest BCUT2D eigenvalue weighted by Crippen LogP contribution is -2.56. The van der Waals surface area contributed by atoms with Crippen LogP contribution in [0.25, 0.3) is 11.1 Å². The molecule has 1 heterocycles. The maximum Gasteiger partial charge on any atom is 0.407 e. The Kier molecular flexibility index (Phi) is 8.92. The number of nitrogens with zero attached hydrogens (tertiary/aromatic N) is 2. The Balaban J connectivity index is 1.27. The van der Waals surface area contributed by atoms with Gasteiger partial charge < -0.3 is 20.1 Å². The number of alkyl carbamates (subject to hydrolysis) is 1. The van der Waals surface area contributed by atoms with E-state index in [0.29, 0.717) is 38.9 Å². The molecule has 1 fully saturated rings. The highest BCUT2D eigenvalue weighted by Crippen LogP contribution is 2.44. The number of aliphatic carboxylic acids is 1. The van der Waals surface area contributed by atoms with Crippen molar-refractivity contribution in [1.29, 1.82) is 0 Å². The van der Waals surface area contributed by atoms with E-state index in [1.54, 1.807) is 4.90 Å². The van der Waals surface area contributed by atoms with E-state index >= 15 is 0 Å². The Morgan fingerprint density at radius 1 is 0.952 bits per heavy atom. The molecule has 8 nitrogen and oxygen atoms in total. The molecule has 0 aromatic heterocycles. The predicted octanol–water partition coefficient (Wildman–Crippen LogP) is 5.13. The number of rotatable bonds is 10. The van der Waals surface area contributed by atoms with Crippen molar-refractivity contribution >= 4 is 18.0 Å². The number of benzene rings is 3. The van der Waals surface area contributed by atoms with Gasteiger partial charge in [-0.25, -0.2) is 4.79 Å². The SMILES string of the molecule is CCC1(C(=O)O)CCN(C(=O)C(CN(C)Cc2ccccc2)NC(=O)OCC2c3ccccc3-c3ccccc32)CC1. The predicted molar refractivity (Wildman–Crippen MR) is 161 cm³/mol. The first-order chi connectivity index (χ1) is 20.3. The molecular weight excluding hydrogens is 530 g/mol. The molecule has 0 saturated carbocycles. The van der Waals surface area contributed by atoms with Gasteiger partial charge in [0.15, 0.2) is 0 Å². The molecule has 2 N–H and O–H groups in total. The zero-order valence-corrected chi connectivity index (χ0v) is 24.3. The highest BCUT2D eigenvalue weighted by molar-refractivity contribution is 5.86. The minimum Gasteiger partial charge on any atom is -0.481 e. The fourth-order valence-electron chi connectivity index (χ4n) is 6.33. The quantitative estimate of drug-likeness (QED) is 0.351. The van der Waals surface area contributed by atoms with Crippen LogP contribution in [0.15, 0.2) is 78.9 Å². The van der Waals surface area contributed by atoms with Crippen LogP contribution in [0.3, 0.4) is 0 Å². The number of nitrogens with one attached hydrogen (secondary N) is 1. The molecule has 220 valence electrons. The number of piperidine rings is 1. The monoisotopic (exact) mass is 569 g/mol. The van der Waals surface area contributed by atoms with Gasteiger partial charge in [-0.15, -0.1) is 0 Å². The number of carboxylic acids is 1. The van der Waals surface area contributed by atoms with Crippen molar-refractivity contribution in [3.8, 4) is 11.1 Å². The topological polar surface area (TPSA) is 99.2 Å². The lowest BCUT2D eigenvalue weighted by molar-refractivity contribution is -0.155. The summed E-state index contributed by atoms with van der Waals surface area (Å²) in [7, 11) is 1.91. The van der Waals surface area contributed by atoms with Gasteiger partial charge in [0, 0.05) is 32.1 Å². The van der Waals surface area contributed by atoms with Crippen LogP contribution in [0.4, 0.5) is 4.79 Å². The van der Waals surface area contributed by atoms with E-state index in [4.69, 9.17) is 4.74 Å². The Morgan fingerprint density at radius 3 is 2.10 bits per heavy atom. The summed E-state index contributed by atoms with van der Waals surface area (Å²) in [4.78, 5) is 42.6. The molecule has 2 aliphatic rings. The number of carbonyl (C=O) groups excluding carboxylic acids is 2. The van der Waals surface area contributed by atoms with Crippen LogP contribution in [-0.4, -0.2) is 72.2 Å². The second-order valence-electron chi connectivity index (χ2n) is 11.5. The van der Waals surface area contributed by atoms with E-state index < -0.39 is 23.5 Å². The highest BCUT2D eigenvalue weighted by Gasteiger charge is 2.42. The van der Waals surface area contributed by atoms with E-state index in [-0.39, 0.29) is 25.0 Å². The molecule has 2 amide bonds. The third-order valence-electron chi connectivity index (χ3n) is 8.89. The Labute approximate surface area is 247 Å². The highest BCUT2D eigenvalue weighted by atomic mass is 16.5. The summed E-state index contributed by atoms with van der Waals surface area (Å²) >= 11 is 0. The van der Waals surface area contributed by atoms with Crippen LogP contribution in [0.5, 0.6) is 0 Å². The van der Waals surface area contributed by atoms with Crippen LogP contribution in [0.1, 0.15) is 48.8 Å². The first-order valence-corrected chi connectivity index (χ1v) is 14.7. The number of fused-ring (bicyclic) bond motifs is 3. The maximum atomic E-state index is 13.8. The molecule has 0 bridgehead atoms. The second kappa shape index (κ2) is 12.8. The largest absolute Gasteiger partial charge is 0.481 e. The number of amides is 2. The number of hydrogen-bond donors (Lipinski definition) is 2. The van der Waals surface area contributed by atoms with E-state index in [1.165, 1.54) is 0 Å². The third kappa shape index (κ3) is 6.19. The molecule has 3 aromatic carbocycles. The van der Waals surface area contributed by atoms with Crippen molar-refractivity contribution in [3.05, 3.63) is 95.6 Å². The molecule has 42 heavy (non-hydrogen) atoms. The van der Waals surface area contributed by atoms with Gasteiger partial charge >= 0.3 is 12.1 Å². The van der Waals surface area contributed by atoms with Crippen LogP contribution in [0.2, 0.25) is 0 Å². The van der Waals surface area contributed by atoms with Crippen molar-refractivity contribution in [3.63, 3.8) is 0 Å². The van der Waals surface area contributed by atoms with Crippen molar-refractivity contribution in [1.82, 2.24) is 15.1 Å². The Hall–Kier alpha value is -4.17. The Bertz CT molecular complexity index is 1370. The zero-order valence-electron chi connectivity index (χ0n) is 24.3. The second-order valence-corrected chi connectivity index (χ2v) is 11.5. The minimum absolute atomic E-state index is 0.0849. The normalized spacial score (nSPS) is 16.4. The van der Waals surface area contributed by atoms with E-state index in [2.05, 4.69) is 29.6 Å². The molecule has 8 heteroatoms. The Morgan fingerprint density at radius 2 is 1.52 bits per heavy atom. The number of hydrogen-bond acceptors (Lipinski definition) is 5. The van der Waals surface area contributed by atoms with E-state index in [1.807, 2.05) is 73.5 Å². The van der Waals surface area contributed by atoms with Crippen LogP contribution >= 0.6 is 0 Å². The number of ether oxygens (including phenoxy) is 1. The summed E-state index contributed by atoms with van der Waals surface area (Å²) in [6.45, 7) is 3.60. The molecule has 1 aliphatic heterocycles. The van der Waals surface area contributed by atoms with Gasteiger partial charge in [-0.05, 0) is 54.1 Å². The van der Waals surface area contributed by atoms with Crippen LogP contribution in [-0.2, 0) is 20.9 Å². The first kappa shape index (κ1) is 29.3. The van der Waals surface area contributed by atoms with Crippen LogP contribution < -0.4 is 5.32 Å². The fourth-order valence-corrected chi connectivity index (χ4v) is 6.33. The molecule has 1 aliphatic carbocycles. The number of likely N-dealkylation sites (tertiary alicyclic amines) is 1. The molecule has 1 saturated heterocycles. The maximum absolute atomic E-state index is 13.8. The van der Waals surface area contributed by atoms with Crippen molar-refractivity contribution < 1.29 is 24.2 Å². The van der Waals surface area contributed by atoms with Crippen LogP contribution in [0, 0.1) is 5.41 Å². The third-order valence-corrected chi connectivity index (χ3v) is 8.89. The van der Waals surface area contributed by atoms with Gasteiger partial charge in [0.05, 0.1) is 5.41 Å². The average molecular weight is 570 g/mol. The summed E-state index contributed by atoms with van der Waals surface area (Å²) in [6, 6.07) is 25.4. The fraction of sp³-hybridized carbons (Fsp3) is 0.382. The zero-order chi connectivity index (χ0) is 29.7. The lowest BCUT2D eigenvalue weighted by atomic mass is 9.76. The number of likely N-dealkylation sites (N-methyl/N-ethyl adjacent to an activating group) is 1. The molecule has 0 radical (unpaired) electrons. The van der Waals surface area contributed by atoms with Crippen molar-refractivity contribution in [2.24, 2.45) is 5.41 Å². The van der Waals surface area contributed by atoms with E-state index in [0.717, 1.165) is 27.8 Å². The van der Waals surface area contributed by atoms with Crippen molar-refractivity contribution in [2.75, 3.05) is 33.3 Å². The summed E-state index contributed by atoms with van der Waals surface area (Å²) < 4.78 is 5.77. The average Bonchev–Trinajstić information content (AvgIpc) is 3.33. The molecule has 1 atom stereocenters. The van der Waals surface area contributed by atoms with Gasteiger partial charge in [-0.1, -0.05) is 85.8 Å². The molecule has 5 rings (SSSR count). The number of carboxylic acid groups (broad SMARTS) is 1. The van der Waals surface area contributed by atoms with Crippen molar-refractivity contribution in [2.45, 2.75) is 44.7 Å². The van der Waals surface area contributed by atoms with Gasteiger partial charge in [-0.2, -0.15) is 0 Å². The first-order valence-electron chi connectivity index (χ1n) is 14.7.